The maximum atomic E-state index is 16.0. The monoisotopic (exact) mass is 642 g/mol. The van der Waals surface area contributed by atoms with Crippen LogP contribution in [0.25, 0.3) is 0 Å². The van der Waals surface area contributed by atoms with Gasteiger partial charge in [-0.3, -0.25) is 14.5 Å². The minimum absolute atomic E-state index is 0.00117. The van der Waals surface area contributed by atoms with Gasteiger partial charge in [0.1, 0.15) is 22.8 Å². The number of nitrogens with one attached hydrogen (secondary N) is 2. The third kappa shape index (κ3) is 5.99. The highest BCUT2D eigenvalue weighted by Crippen LogP contribution is 2.56. The maximum Gasteiger partial charge on any atom is 0.251 e. The zero-order chi connectivity index (χ0) is 32.6. The smallest absolute Gasteiger partial charge is 0.251 e. The predicted octanol–water partition coefficient (Wildman–Crippen LogP) is 6.94. The van der Waals surface area contributed by atoms with Gasteiger partial charge in [0, 0.05) is 35.2 Å². The molecule has 1 aliphatic rings. The lowest BCUT2D eigenvalue weighted by Gasteiger charge is -2.38. The molecule has 3 aromatic carbocycles. The van der Waals surface area contributed by atoms with Crippen LogP contribution < -0.4 is 15.4 Å². The average Bonchev–Trinajstić information content (AvgIpc) is 3.20. The van der Waals surface area contributed by atoms with E-state index in [-0.39, 0.29) is 43.9 Å². The Hall–Kier alpha value is -3.71. The number of hydrogen-bond donors (Lipinski definition) is 2. The second-order valence-electron chi connectivity index (χ2n) is 12.1. The Morgan fingerprint density at radius 1 is 1.11 bits per heavy atom. The van der Waals surface area contributed by atoms with Crippen molar-refractivity contribution in [1.29, 1.82) is 5.26 Å². The molecule has 0 aromatic heterocycles. The lowest BCUT2D eigenvalue weighted by Crippen LogP contribution is -2.45. The molecule has 2 N–H and O–H groups in total. The molecule has 44 heavy (non-hydrogen) atoms. The van der Waals surface area contributed by atoms with E-state index in [9.17, 15) is 14.9 Å². The van der Waals surface area contributed by atoms with E-state index >= 15 is 8.78 Å². The number of ether oxygens (including phenoxy) is 1. The van der Waals surface area contributed by atoms with Crippen LogP contribution in [0.2, 0.25) is 10.0 Å². The Kier molecular flexibility index (Phi) is 9.60. The number of anilines is 1. The first-order valence-electron chi connectivity index (χ1n) is 13.9. The third-order valence-corrected chi connectivity index (χ3v) is 8.69. The number of benzene rings is 3. The summed E-state index contributed by atoms with van der Waals surface area (Å²) in [5.74, 6) is -3.48. The van der Waals surface area contributed by atoms with Gasteiger partial charge in [-0.2, -0.15) is 5.26 Å². The van der Waals surface area contributed by atoms with E-state index < -0.39 is 41.0 Å². The van der Waals surface area contributed by atoms with Crippen molar-refractivity contribution in [2.45, 2.75) is 50.6 Å². The Labute approximate surface area is 266 Å². The number of halogens is 4. The van der Waals surface area contributed by atoms with Crippen molar-refractivity contribution in [3.63, 3.8) is 0 Å². The molecule has 4 atom stereocenters. The van der Waals surface area contributed by atoms with E-state index in [4.69, 9.17) is 27.9 Å². The zero-order valence-corrected chi connectivity index (χ0v) is 26.8. The number of methoxy groups -OCH3 is 1. The summed E-state index contributed by atoms with van der Waals surface area (Å²) < 4.78 is 37.4. The Morgan fingerprint density at radius 3 is 2.41 bits per heavy atom. The molecule has 7 nitrogen and oxygen atoms in total. The molecule has 1 heterocycles. The number of hydrogen-bond acceptors (Lipinski definition) is 5. The number of nitrogens with zero attached hydrogens (tertiary/aromatic N) is 2. The summed E-state index contributed by atoms with van der Waals surface area (Å²) in [5.41, 5.74) is -1.57. The van der Waals surface area contributed by atoms with Crippen LogP contribution in [-0.4, -0.2) is 50.0 Å². The lowest BCUT2D eigenvalue weighted by atomic mass is 9.62. The van der Waals surface area contributed by atoms with Crippen LogP contribution >= 0.6 is 23.2 Å². The lowest BCUT2D eigenvalue weighted by molar-refractivity contribution is -0.120. The van der Waals surface area contributed by atoms with Crippen LogP contribution in [-0.2, 0) is 10.2 Å². The van der Waals surface area contributed by atoms with Gasteiger partial charge < -0.3 is 15.4 Å². The van der Waals surface area contributed by atoms with Gasteiger partial charge in [0.2, 0.25) is 5.91 Å². The van der Waals surface area contributed by atoms with Crippen molar-refractivity contribution in [3.8, 4) is 11.8 Å². The summed E-state index contributed by atoms with van der Waals surface area (Å²) in [6.45, 7) is 5.92. The van der Waals surface area contributed by atoms with Gasteiger partial charge in [0.15, 0.2) is 0 Å². The van der Waals surface area contributed by atoms with Gasteiger partial charge in [0.25, 0.3) is 5.91 Å². The van der Waals surface area contributed by atoms with Crippen LogP contribution in [0.1, 0.15) is 54.6 Å². The minimum atomic E-state index is -1.75. The van der Waals surface area contributed by atoms with E-state index in [0.29, 0.717) is 12.0 Å². The van der Waals surface area contributed by atoms with Crippen LogP contribution in [0.15, 0.2) is 54.6 Å². The number of rotatable bonds is 7. The summed E-state index contributed by atoms with van der Waals surface area (Å²) in [6, 6.07) is 13.4. The van der Waals surface area contributed by atoms with Crippen molar-refractivity contribution < 1.29 is 23.1 Å². The van der Waals surface area contributed by atoms with Gasteiger partial charge in [-0.05, 0) is 60.8 Å². The molecular formula is C33H34Cl2F2N4O3. The number of nitriles is 1. The molecule has 4 unspecified atom stereocenters. The van der Waals surface area contributed by atoms with Crippen LogP contribution in [0, 0.1) is 28.4 Å². The molecule has 11 heteroatoms. The van der Waals surface area contributed by atoms with Gasteiger partial charge in [-0.1, -0.05) is 62.2 Å². The molecule has 0 bridgehead atoms. The Bertz CT molecular complexity index is 1640. The molecule has 2 amide bonds. The fourth-order valence-corrected chi connectivity index (χ4v) is 6.61. The quantitative estimate of drug-likeness (QED) is 0.291. The maximum absolute atomic E-state index is 16.0. The largest absolute Gasteiger partial charge is 0.495 e. The molecule has 4 rings (SSSR count). The molecule has 0 aliphatic carbocycles. The second-order valence-corrected chi connectivity index (χ2v) is 12.9. The molecule has 232 valence electrons. The highest BCUT2D eigenvalue weighted by Gasteiger charge is 2.63. The number of carbonyl (C=O) groups excluding carboxylic acids is 2. The summed E-state index contributed by atoms with van der Waals surface area (Å²) in [6.07, 6.45) is 0.353. The topological polar surface area (TPSA) is 94.5 Å². The normalized spacial score (nSPS) is 21.9. The molecule has 3 aromatic rings. The Morgan fingerprint density at radius 2 is 1.82 bits per heavy atom. The van der Waals surface area contributed by atoms with Crippen molar-refractivity contribution in [2.24, 2.45) is 5.41 Å². The molecule has 0 radical (unpaired) electrons. The predicted molar refractivity (Wildman–Crippen MR) is 167 cm³/mol. The first kappa shape index (κ1) is 33.2. The average molecular weight is 644 g/mol. The number of carbonyl (C=O) groups is 2. The molecule has 0 spiro atoms. The molecule has 1 saturated heterocycles. The third-order valence-electron chi connectivity index (χ3n) is 8.16. The van der Waals surface area contributed by atoms with Gasteiger partial charge in [-0.15, -0.1) is 0 Å². The standard InChI is InChI=1S/C33H34Cl2F2N4O3/c1-32(2,3)16-26-33(17-38,21-12-11-19(34)15-23(21)36)27(20-8-7-9-22(35)28(20)37)29(41(26)5)31(43)40-24-13-10-18(30(42)39-4)14-25(24)44-6/h7-15,26-27,29H,16H2,1-6H3,(H,39,42)(H,40,43). The highest BCUT2D eigenvalue weighted by molar-refractivity contribution is 6.31. The highest BCUT2D eigenvalue weighted by atomic mass is 35.5. The van der Waals surface area contributed by atoms with Crippen molar-refractivity contribution >= 4 is 40.7 Å². The van der Waals surface area contributed by atoms with E-state index in [1.54, 1.807) is 11.9 Å². The van der Waals surface area contributed by atoms with Crippen LogP contribution in [0.5, 0.6) is 5.75 Å². The van der Waals surface area contributed by atoms with Crippen LogP contribution in [0.3, 0.4) is 0 Å². The van der Waals surface area contributed by atoms with Gasteiger partial charge >= 0.3 is 0 Å². The number of likely N-dealkylation sites (N-methyl/N-ethyl adjacent to an activating group) is 1. The van der Waals surface area contributed by atoms with Crippen molar-refractivity contribution in [3.05, 3.63) is 93.0 Å². The van der Waals surface area contributed by atoms with Gasteiger partial charge in [0.05, 0.1) is 29.9 Å². The first-order valence-corrected chi connectivity index (χ1v) is 14.7. The Balaban J connectivity index is 1.98. The molecular weight excluding hydrogens is 609 g/mol. The summed E-state index contributed by atoms with van der Waals surface area (Å²) >= 11 is 12.4. The summed E-state index contributed by atoms with van der Waals surface area (Å²) in [7, 11) is 4.57. The SMILES string of the molecule is CNC(=O)c1ccc(NC(=O)C2C(c3cccc(Cl)c3F)C(C#N)(c3ccc(Cl)cc3F)C(CC(C)(C)C)N2C)c(OC)c1. The fourth-order valence-electron chi connectivity index (χ4n) is 6.27. The number of likely N-dealkylation sites (tertiary alicyclic amines) is 1. The molecule has 1 aliphatic heterocycles. The van der Waals surface area contributed by atoms with Crippen molar-refractivity contribution in [1.82, 2.24) is 10.2 Å². The van der Waals surface area contributed by atoms with Crippen molar-refractivity contribution in [2.75, 3.05) is 26.5 Å². The van der Waals surface area contributed by atoms with E-state index in [1.165, 1.54) is 62.7 Å². The zero-order valence-electron chi connectivity index (χ0n) is 25.3. The summed E-state index contributed by atoms with van der Waals surface area (Å²) in [5, 5.41) is 16.4. The number of amides is 2. The summed E-state index contributed by atoms with van der Waals surface area (Å²) in [4.78, 5) is 28.3. The molecule has 0 saturated carbocycles. The van der Waals surface area contributed by atoms with Gasteiger partial charge in [-0.25, -0.2) is 8.78 Å². The van der Waals surface area contributed by atoms with Crippen LogP contribution in [0.4, 0.5) is 14.5 Å². The molecule has 1 fully saturated rings. The van der Waals surface area contributed by atoms with E-state index in [0.717, 1.165) is 6.07 Å². The minimum Gasteiger partial charge on any atom is -0.495 e. The van der Waals surface area contributed by atoms with E-state index in [2.05, 4.69) is 16.7 Å². The first-order chi connectivity index (χ1) is 20.7. The van der Waals surface area contributed by atoms with E-state index in [1.807, 2.05) is 20.8 Å². The second kappa shape index (κ2) is 12.7. The fraction of sp³-hybridized carbons (Fsp3) is 0.364.